The highest BCUT2D eigenvalue weighted by Crippen LogP contribution is 2.35. The van der Waals surface area contributed by atoms with E-state index in [-0.39, 0.29) is 29.9 Å². The van der Waals surface area contributed by atoms with Crippen LogP contribution in [-0.2, 0) is 16.1 Å². The van der Waals surface area contributed by atoms with Crippen LogP contribution in [0.3, 0.4) is 0 Å². The van der Waals surface area contributed by atoms with Crippen LogP contribution >= 0.6 is 11.6 Å². The van der Waals surface area contributed by atoms with Gasteiger partial charge in [0.2, 0.25) is 5.91 Å². The number of halogens is 1. The summed E-state index contributed by atoms with van der Waals surface area (Å²) in [4.78, 5) is 40.9. The predicted octanol–water partition coefficient (Wildman–Crippen LogP) is 3.89. The second kappa shape index (κ2) is 9.17. The van der Waals surface area contributed by atoms with Crippen LogP contribution in [0.1, 0.15) is 72.0 Å². The number of fused-ring (bicyclic) bond motifs is 1. The summed E-state index contributed by atoms with van der Waals surface area (Å²) in [5, 5.41) is 7.95. The topological polar surface area (TPSA) is 93.5 Å². The number of esters is 1. The van der Waals surface area contributed by atoms with E-state index in [1.54, 1.807) is 19.1 Å². The molecule has 2 aliphatic rings. The summed E-state index contributed by atoms with van der Waals surface area (Å²) in [6.07, 6.45) is 6.33. The first kappa shape index (κ1) is 23.3. The highest BCUT2D eigenvalue weighted by Gasteiger charge is 2.49. The van der Waals surface area contributed by atoms with Crippen molar-refractivity contribution < 1.29 is 19.1 Å². The molecule has 1 fully saturated rings. The summed E-state index contributed by atoms with van der Waals surface area (Å²) >= 11 is 6.37. The van der Waals surface area contributed by atoms with E-state index >= 15 is 0 Å². The molecule has 8 nitrogen and oxygen atoms in total. The minimum atomic E-state index is -1.27. The van der Waals surface area contributed by atoms with E-state index in [1.165, 1.54) is 35.6 Å². The van der Waals surface area contributed by atoms with E-state index < -0.39 is 17.4 Å². The summed E-state index contributed by atoms with van der Waals surface area (Å²) < 4.78 is 6.19. The third-order valence-corrected chi connectivity index (χ3v) is 7.05. The first-order valence-electron chi connectivity index (χ1n) is 11.3. The van der Waals surface area contributed by atoms with Gasteiger partial charge in [-0.3, -0.25) is 19.2 Å². The molecule has 2 aromatic rings. The molecule has 0 bridgehead atoms. The summed E-state index contributed by atoms with van der Waals surface area (Å²) in [6.45, 7) is 3.70. The largest absolute Gasteiger partial charge is 0.464 e. The van der Waals surface area contributed by atoms with Gasteiger partial charge in [0.15, 0.2) is 5.69 Å². The quantitative estimate of drug-likeness (QED) is 0.538. The fraction of sp³-hybridized carbons (Fsp3) is 0.500. The lowest BCUT2D eigenvalue weighted by Crippen LogP contribution is -2.65. The number of ether oxygens (including phenoxy) is 1. The molecule has 1 N–H and O–H groups in total. The Morgan fingerprint density at radius 2 is 1.88 bits per heavy atom. The second-order valence-electron chi connectivity index (χ2n) is 9.07. The number of aryl methyl sites for hydroxylation is 1. The molecule has 176 valence electrons. The van der Waals surface area contributed by atoms with Crippen LogP contribution in [0.2, 0.25) is 5.02 Å². The van der Waals surface area contributed by atoms with E-state index in [4.69, 9.17) is 16.3 Å². The van der Waals surface area contributed by atoms with Crippen molar-refractivity contribution in [2.45, 2.75) is 70.5 Å². The zero-order chi connectivity index (χ0) is 23.8. The molecule has 0 spiro atoms. The van der Waals surface area contributed by atoms with Crippen molar-refractivity contribution in [1.29, 1.82) is 0 Å². The number of methoxy groups -OCH3 is 1. The third-order valence-electron chi connectivity index (χ3n) is 6.64. The first-order valence-corrected chi connectivity index (χ1v) is 11.7. The number of nitrogens with one attached hydrogen (secondary N) is 1. The molecule has 9 heteroatoms. The molecule has 0 radical (unpaired) electrons. The number of anilines is 1. The number of carbonyl (C=O) groups excluding carboxylic acids is 3. The smallest absolute Gasteiger partial charge is 0.358 e. The molecule has 2 heterocycles. The van der Waals surface area contributed by atoms with Gasteiger partial charge in [-0.05, 0) is 44.4 Å². The second-order valence-corrected chi connectivity index (χ2v) is 9.48. The summed E-state index contributed by atoms with van der Waals surface area (Å²) in [7, 11) is 1.26. The Morgan fingerprint density at radius 1 is 1.18 bits per heavy atom. The van der Waals surface area contributed by atoms with Gasteiger partial charge >= 0.3 is 5.97 Å². The third kappa shape index (κ3) is 4.36. The lowest BCUT2D eigenvalue weighted by Gasteiger charge is -2.43. The average Bonchev–Trinajstić information content (AvgIpc) is 3.04. The Morgan fingerprint density at radius 3 is 2.52 bits per heavy atom. The number of amides is 2. The van der Waals surface area contributed by atoms with Gasteiger partial charge in [0.25, 0.3) is 5.91 Å². The van der Waals surface area contributed by atoms with Crippen LogP contribution in [0.5, 0.6) is 0 Å². The van der Waals surface area contributed by atoms with Gasteiger partial charge in [0, 0.05) is 22.8 Å². The zero-order valence-electron chi connectivity index (χ0n) is 19.2. The van der Waals surface area contributed by atoms with Crippen molar-refractivity contribution in [3.63, 3.8) is 0 Å². The van der Waals surface area contributed by atoms with E-state index in [9.17, 15) is 14.4 Å². The number of hydrogen-bond donors (Lipinski definition) is 1. The Bertz CT molecular complexity index is 1090. The average molecular weight is 473 g/mol. The maximum atomic E-state index is 13.7. The lowest BCUT2D eigenvalue weighted by molar-refractivity contribution is -0.127. The first-order chi connectivity index (χ1) is 15.7. The van der Waals surface area contributed by atoms with Crippen LogP contribution in [0.25, 0.3) is 0 Å². The van der Waals surface area contributed by atoms with E-state index in [0.717, 1.165) is 31.2 Å². The number of benzene rings is 1. The fourth-order valence-electron chi connectivity index (χ4n) is 4.68. The monoisotopic (exact) mass is 472 g/mol. The van der Waals surface area contributed by atoms with E-state index in [2.05, 4.69) is 10.4 Å². The van der Waals surface area contributed by atoms with Crippen molar-refractivity contribution in [2.24, 2.45) is 0 Å². The number of aromatic nitrogens is 2. The molecule has 1 aliphatic heterocycles. The Balaban J connectivity index is 1.76. The molecular formula is C24H29ClN4O4. The van der Waals surface area contributed by atoms with Gasteiger partial charge in [0.05, 0.1) is 13.7 Å². The molecular weight excluding hydrogens is 444 g/mol. The van der Waals surface area contributed by atoms with Crippen molar-refractivity contribution in [3.05, 3.63) is 46.2 Å². The lowest BCUT2D eigenvalue weighted by atomic mass is 9.93. The molecule has 2 amide bonds. The molecule has 1 atom stereocenters. The van der Waals surface area contributed by atoms with Gasteiger partial charge < -0.3 is 10.1 Å². The highest BCUT2D eigenvalue weighted by atomic mass is 35.5. The van der Waals surface area contributed by atoms with E-state index in [0.29, 0.717) is 10.7 Å². The summed E-state index contributed by atoms with van der Waals surface area (Å²) in [5.41, 5.74) is 0.352. The Hall–Kier alpha value is -2.87. The number of carbonyl (C=O) groups is 3. The molecule has 1 aliphatic carbocycles. The number of rotatable bonds is 4. The highest BCUT2D eigenvalue weighted by molar-refractivity contribution is 6.31. The van der Waals surface area contributed by atoms with Crippen LogP contribution in [-0.4, -0.2) is 46.3 Å². The van der Waals surface area contributed by atoms with Crippen LogP contribution in [0, 0.1) is 6.92 Å². The van der Waals surface area contributed by atoms with Gasteiger partial charge in [-0.2, -0.15) is 5.10 Å². The fourth-order valence-corrected chi connectivity index (χ4v) is 4.85. The molecule has 1 saturated carbocycles. The summed E-state index contributed by atoms with van der Waals surface area (Å²) in [5.74, 6) is -1.32. The zero-order valence-corrected chi connectivity index (χ0v) is 19.9. The number of hydrogen-bond acceptors (Lipinski definition) is 5. The van der Waals surface area contributed by atoms with Gasteiger partial charge in [-0.25, -0.2) is 4.79 Å². The molecule has 1 aromatic carbocycles. The SMILES string of the molecule is COC(=O)c1cc2n(n1)C[C@@](C)(C(=O)NC1CCCCCC1)N(c1ccc(C)c(Cl)c1)C2=O. The van der Waals surface area contributed by atoms with Crippen LogP contribution in [0.15, 0.2) is 24.3 Å². The van der Waals surface area contributed by atoms with Gasteiger partial charge in [-0.1, -0.05) is 43.4 Å². The predicted molar refractivity (Wildman–Crippen MR) is 125 cm³/mol. The van der Waals surface area contributed by atoms with Crippen LogP contribution in [0.4, 0.5) is 5.69 Å². The summed E-state index contributed by atoms with van der Waals surface area (Å²) in [6, 6.07) is 6.77. The molecule has 0 unspecified atom stereocenters. The van der Waals surface area contributed by atoms with E-state index in [1.807, 2.05) is 13.0 Å². The van der Waals surface area contributed by atoms with Gasteiger partial charge in [-0.15, -0.1) is 0 Å². The standard InChI is InChI=1S/C24H29ClN4O4/c1-15-10-11-17(12-18(15)25)29-21(30)20-13-19(22(31)33-3)27-28(20)14-24(29,2)23(32)26-16-8-6-4-5-7-9-16/h10-13,16H,4-9,14H2,1-3H3,(H,26,32)/t24-/m0/s1. The van der Waals surface area contributed by atoms with Crippen molar-refractivity contribution in [2.75, 3.05) is 12.0 Å². The molecule has 0 saturated heterocycles. The Kier molecular flexibility index (Phi) is 6.47. The van der Waals surface area contributed by atoms with Crippen molar-refractivity contribution >= 4 is 35.1 Å². The molecule has 1 aromatic heterocycles. The molecule has 33 heavy (non-hydrogen) atoms. The number of nitrogens with zero attached hydrogens (tertiary/aromatic N) is 3. The van der Waals surface area contributed by atoms with Crippen LogP contribution < -0.4 is 10.2 Å². The maximum Gasteiger partial charge on any atom is 0.358 e. The normalized spacial score (nSPS) is 21.3. The Labute approximate surface area is 198 Å². The minimum Gasteiger partial charge on any atom is -0.464 e. The molecule has 4 rings (SSSR count). The van der Waals surface area contributed by atoms with Crippen molar-refractivity contribution in [1.82, 2.24) is 15.1 Å². The maximum absolute atomic E-state index is 13.7. The van der Waals surface area contributed by atoms with Crippen molar-refractivity contribution in [3.8, 4) is 0 Å². The van der Waals surface area contributed by atoms with Gasteiger partial charge in [0.1, 0.15) is 11.2 Å². The minimum absolute atomic E-state index is 0.0242.